The first kappa shape index (κ1) is 12.6. The molecular weight excluding hydrogens is 176 g/mol. The lowest BCUT2D eigenvalue weighted by atomic mass is 10.3. The number of nitrogens with zero attached hydrogens (tertiary/aromatic N) is 2. The highest BCUT2D eigenvalue weighted by molar-refractivity contribution is 5.69. The van der Waals surface area contributed by atoms with E-state index < -0.39 is 0 Å². The van der Waals surface area contributed by atoms with Crippen molar-refractivity contribution in [2.45, 2.75) is 27.7 Å². The molecule has 0 aliphatic carbocycles. The van der Waals surface area contributed by atoms with Crippen LogP contribution in [0.4, 0.5) is 0 Å². The molecule has 0 amide bonds. The van der Waals surface area contributed by atoms with Crippen LogP contribution in [0.25, 0.3) is 11.1 Å². The molecule has 0 aliphatic heterocycles. The Morgan fingerprint density at radius 1 is 1.07 bits per heavy atom. The zero-order valence-corrected chi connectivity index (χ0v) is 9.61. The Labute approximate surface area is 85.3 Å². The molecule has 3 heteroatoms. The highest BCUT2D eigenvalue weighted by Gasteiger charge is 2.04. The largest absolute Gasteiger partial charge is 0.238 e. The van der Waals surface area contributed by atoms with Crippen LogP contribution < -0.4 is 4.85 Å². The van der Waals surface area contributed by atoms with Gasteiger partial charge in [0.2, 0.25) is 12.6 Å². The number of para-hydroxylation sites is 1. The maximum atomic E-state index is 5.17. The third kappa shape index (κ3) is 3.17. The molecule has 0 saturated carbocycles. The summed E-state index contributed by atoms with van der Waals surface area (Å²) in [6.45, 7) is 8.00. The normalized spacial score (nSPS) is 8.36. The molecule has 2 aromatic rings. The SMILES string of the molecule is CC.CC.C[n+]1nc2ccccc2o1. The summed E-state index contributed by atoms with van der Waals surface area (Å²) < 4.78 is 5.17. The van der Waals surface area contributed by atoms with Crippen LogP contribution in [0.3, 0.4) is 0 Å². The number of hydrogen-bond acceptors (Lipinski definition) is 2. The number of rotatable bonds is 0. The van der Waals surface area contributed by atoms with Crippen molar-refractivity contribution < 1.29 is 9.38 Å². The Morgan fingerprint density at radius 3 is 2.21 bits per heavy atom. The van der Waals surface area contributed by atoms with Crippen LogP contribution in [0.15, 0.2) is 28.8 Å². The van der Waals surface area contributed by atoms with Gasteiger partial charge in [-0.1, -0.05) is 39.8 Å². The zero-order chi connectivity index (χ0) is 11.0. The summed E-state index contributed by atoms with van der Waals surface area (Å²) in [4.78, 5) is 1.45. The van der Waals surface area contributed by atoms with E-state index in [2.05, 4.69) is 5.10 Å². The van der Waals surface area contributed by atoms with Crippen molar-refractivity contribution in [2.24, 2.45) is 7.05 Å². The van der Waals surface area contributed by atoms with Crippen molar-refractivity contribution in [1.29, 1.82) is 0 Å². The Kier molecular flexibility index (Phi) is 6.37. The number of aryl methyl sites for hydroxylation is 1. The van der Waals surface area contributed by atoms with Crippen molar-refractivity contribution in [2.75, 3.05) is 0 Å². The molecule has 0 bridgehead atoms. The molecule has 1 aromatic carbocycles. The van der Waals surface area contributed by atoms with Crippen molar-refractivity contribution >= 4 is 11.1 Å². The second-order valence-corrected chi connectivity index (χ2v) is 2.12. The monoisotopic (exact) mass is 195 g/mol. The van der Waals surface area contributed by atoms with Gasteiger partial charge in [0.1, 0.15) is 0 Å². The highest BCUT2D eigenvalue weighted by Crippen LogP contribution is 2.05. The van der Waals surface area contributed by atoms with Gasteiger partial charge in [0, 0.05) is 5.10 Å². The molecule has 0 aliphatic rings. The van der Waals surface area contributed by atoms with E-state index >= 15 is 0 Å². The summed E-state index contributed by atoms with van der Waals surface area (Å²) in [6, 6.07) is 7.67. The van der Waals surface area contributed by atoms with Gasteiger partial charge in [-0.05, 0) is 12.1 Å². The van der Waals surface area contributed by atoms with Crippen molar-refractivity contribution in [3.05, 3.63) is 24.3 Å². The summed E-state index contributed by atoms with van der Waals surface area (Å²) in [7, 11) is 1.76. The summed E-state index contributed by atoms with van der Waals surface area (Å²) in [5, 5.41) is 4.06. The van der Waals surface area contributed by atoms with E-state index in [0.717, 1.165) is 11.1 Å². The average Bonchev–Trinajstić information content (AvgIpc) is 2.64. The Morgan fingerprint density at radius 2 is 1.64 bits per heavy atom. The van der Waals surface area contributed by atoms with E-state index in [0.29, 0.717) is 0 Å². The lowest BCUT2D eigenvalue weighted by molar-refractivity contribution is -0.887. The van der Waals surface area contributed by atoms with Gasteiger partial charge in [-0.3, -0.25) is 0 Å². The van der Waals surface area contributed by atoms with Crippen LogP contribution in [0.1, 0.15) is 27.7 Å². The number of benzene rings is 1. The predicted molar refractivity (Wildman–Crippen MR) is 57.9 cm³/mol. The Hall–Kier alpha value is -1.38. The average molecular weight is 195 g/mol. The summed E-state index contributed by atoms with van der Waals surface area (Å²) in [5.74, 6) is 0. The van der Waals surface area contributed by atoms with Gasteiger partial charge in [-0.2, -0.15) is 0 Å². The van der Waals surface area contributed by atoms with Crippen LogP contribution in [0.5, 0.6) is 0 Å². The fourth-order valence-electron chi connectivity index (χ4n) is 0.931. The smallest absolute Gasteiger partial charge is 0.208 e. The first-order valence-electron chi connectivity index (χ1n) is 5.08. The van der Waals surface area contributed by atoms with Crippen LogP contribution >= 0.6 is 0 Å². The minimum atomic E-state index is 0.824. The van der Waals surface area contributed by atoms with E-state index in [1.165, 1.54) is 4.85 Å². The first-order valence-corrected chi connectivity index (χ1v) is 5.08. The standard InChI is InChI=1S/C7H7N2O.2C2H6/c1-9-8-6-4-2-3-5-7(6)10-9;2*1-2/h2-5H,1H3;2*1-2H3/q+1;;. The fraction of sp³-hybridized carbons (Fsp3) is 0.455. The van der Waals surface area contributed by atoms with E-state index in [4.69, 9.17) is 4.52 Å². The lowest BCUT2D eigenvalue weighted by Crippen LogP contribution is -2.27. The molecule has 3 nitrogen and oxygen atoms in total. The predicted octanol–water partition coefficient (Wildman–Crippen LogP) is 2.70. The van der Waals surface area contributed by atoms with Gasteiger partial charge in [0.15, 0.2) is 5.52 Å². The molecule has 0 atom stereocenters. The molecule has 0 radical (unpaired) electrons. The molecule has 0 saturated heterocycles. The van der Waals surface area contributed by atoms with E-state index in [1.807, 2.05) is 52.0 Å². The minimum absolute atomic E-state index is 0.824. The van der Waals surface area contributed by atoms with Crippen LogP contribution in [-0.4, -0.2) is 5.10 Å². The van der Waals surface area contributed by atoms with E-state index in [9.17, 15) is 0 Å². The van der Waals surface area contributed by atoms with Gasteiger partial charge >= 0.3 is 0 Å². The number of aromatic nitrogens is 2. The Bertz CT molecular complexity index is 322. The third-order valence-electron chi connectivity index (χ3n) is 1.34. The third-order valence-corrected chi connectivity index (χ3v) is 1.34. The molecule has 1 heterocycles. The topological polar surface area (TPSA) is 29.9 Å². The maximum absolute atomic E-state index is 5.17. The van der Waals surface area contributed by atoms with Crippen LogP contribution in [0, 0.1) is 0 Å². The van der Waals surface area contributed by atoms with Gasteiger partial charge in [-0.15, -0.1) is 0 Å². The molecule has 0 spiro atoms. The zero-order valence-electron chi connectivity index (χ0n) is 9.61. The second-order valence-electron chi connectivity index (χ2n) is 2.12. The molecule has 78 valence electrons. The quantitative estimate of drug-likeness (QED) is 0.605. The second kappa shape index (κ2) is 7.06. The van der Waals surface area contributed by atoms with Crippen molar-refractivity contribution in [3.63, 3.8) is 0 Å². The summed E-state index contributed by atoms with van der Waals surface area (Å²) in [5.41, 5.74) is 1.72. The fourth-order valence-corrected chi connectivity index (χ4v) is 0.931. The molecule has 1 aromatic heterocycles. The minimum Gasteiger partial charge on any atom is -0.208 e. The molecule has 2 rings (SSSR count). The molecule has 0 unspecified atom stereocenters. The van der Waals surface area contributed by atoms with Gasteiger partial charge in [-0.25, -0.2) is 4.52 Å². The van der Waals surface area contributed by atoms with Gasteiger partial charge in [0.05, 0.1) is 4.85 Å². The molecule has 0 N–H and O–H groups in total. The van der Waals surface area contributed by atoms with E-state index in [-0.39, 0.29) is 0 Å². The molecular formula is C11H19N2O+. The van der Waals surface area contributed by atoms with Crippen LogP contribution in [0.2, 0.25) is 0 Å². The first-order chi connectivity index (χ1) is 6.86. The van der Waals surface area contributed by atoms with E-state index in [1.54, 1.807) is 7.05 Å². The number of hydrogen-bond donors (Lipinski definition) is 0. The Balaban J connectivity index is 0.000000379. The molecule has 14 heavy (non-hydrogen) atoms. The van der Waals surface area contributed by atoms with Gasteiger partial charge in [0.25, 0.3) is 0 Å². The van der Waals surface area contributed by atoms with Crippen molar-refractivity contribution in [1.82, 2.24) is 5.10 Å². The van der Waals surface area contributed by atoms with Gasteiger partial charge < -0.3 is 0 Å². The molecule has 0 fully saturated rings. The summed E-state index contributed by atoms with van der Waals surface area (Å²) in [6.07, 6.45) is 0. The van der Waals surface area contributed by atoms with Crippen LogP contribution in [-0.2, 0) is 7.05 Å². The summed E-state index contributed by atoms with van der Waals surface area (Å²) >= 11 is 0. The number of fused-ring (bicyclic) bond motifs is 1. The lowest BCUT2D eigenvalue weighted by Gasteiger charge is -1.73. The van der Waals surface area contributed by atoms with Crippen molar-refractivity contribution in [3.8, 4) is 0 Å². The maximum Gasteiger partial charge on any atom is 0.238 e. The highest BCUT2D eigenvalue weighted by atomic mass is 16.5.